The average molecular weight is 275 g/mol. The van der Waals surface area contributed by atoms with Gasteiger partial charge in [-0.2, -0.15) is 5.10 Å². The number of aryl methyl sites for hydroxylation is 1. The summed E-state index contributed by atoms with van der Waals surface area (Å²) in [6, 6.07) is 7.11. The lowest BCUT2D eigenvalue weighted by Gasteiger charge is -2.10. The molecule has 2 N–H and O–H groups in total. The van der Waals surface area contributed by atoms with Crippen LogP contribution < -0.4 is 10.6 Å². The molecule has 0 aliphatic rings. The summed E-state index contributed by atoms with van der Waals surface area (Å²) in [5.41, 5.74) is 2.16. The van der Waals surface area contributed by atoms with Crippen LogP contribution >= 0.6 is 0 Å². The van der Waals surface area contributed by atoms with Crippen LogP contribution in [0.4, 0.5) is 17.1 Å². The van der Waals surface area contributed by atoms with Gasteiger partial charge < -0.3 is 10.6 Å². The van der Waals surface area contributed by atoms with Crippen molar-refractivity contribution in [2.45, 2.75) is 6.42 Å². The van der Waals surface area contributed by atoms with Crippen molar-refractivity contribution in [2.24, 2.45) is 7.05 Å². The third kappa shape index (κ3) is 2.87. The lowest BCUT2D eigenvalue weighted by atomic mass is 10.2. The van der Waals surface area contributed by atoms with Crippen molar-refractivity contribution in [1.29, 1.82) is 0 Å². The fraction of sp³-hybridized carbons (Fsp3) is 0.308. The van der Waals surface area contributed by atoms with E-state index in [0.717, 1.165) is 12.1 Å². The second kappa shape index (κ2) is 6.05. The molecule has 0 aliphatic heterocycles. The van der Waals surface area contributed by atoms with Crippen LogP contribution in [0.5, 0.6) is 0 Å². The van der Waals surface area contributed by atoms with Gasteiger partial charge in [0.2, 0.25) is 0 Å². The SMILES string of the molecule is CNc1cccc(NCCc2ccnn2C)c1[N+](=O)[O-]. The Balaban J connectivity index is 2.09. The Morgan fingerprint density at radius 2 is 2.10 bits per heavy atom. The molecular weight excluding hydrogens is 258 g/mol. The van der Waals surface area contributed by atoms with E-state index < -0.39 is 0 Å². The Hall–Kier alpha value is -2.57. The van der Waals surface area contributed by atoms with Gasteiger partial charge in [-0.1, -0.05) is 6.07 Å². The number of aromatic nitrogens is 2. The summed E-state index contributed by atoms with van der Waals surface area (Å²) < 4.78 is 1.79. The maximum atomic E-state index is 11.2. The quantitative estimate of drug-likeness (QED) is 0.622. The highest BCUT2D eigenvalue weighted by Crippen LogP contribution is 2.32. The largest absolute Gasteiger partial charge is 0.382 e. The first-order valence-corrected chi connectivity index (χ1v) is 6.29. The van der Waals surface area contributed by atoms with Crippen LogP contribution in [-0.4, -0.2) is 28.3 Å². The first-order valence-electron chi connectivity index (χ1n) is 6.29. The molecule has 2 aromatic rings. The van der Waals surface area contributed by atoms with E-state index in [1.165, 1.54) is 0 Å². The molecule has 0 unspecified atom stereocenters. The van der Waals surface area contributed by atoms with Gasteiger partial charge >= 0.3 is 5.69 Å². The molecule has 7 heteroatoms. The highest BCUT2D eigenvalue weighted by atomic mass is 16.6. The zero-order chi connectivity index (χ0) is 14.5. The lowest BCUT2D eigenvalue weighted by molar-refractivity contribution is -0.383. The molecule has 7 nitrogen and oxygen atoms in total. The zero-order valence-electron chi connectivity index (χ0n) is 11.5. The van der Waals surface area contributed by atoms with Crippen molar-refractivity contribution in [2.75, 3.05) is 24.2 Å². The normalized spacial score (nSPS) is 10.3. The van der Waals surface area contributed by atoms with Gasteiger partial charge in [0.25, 0.3) is 0 Å². The number of para-hydroxylation sites is 1. The number of rotatable bonds is 6. The van der Waals surface area contributed by atoms with Gasteiger partial charge in [0.15, 0.2) is 0 Å². The number of anilines is 2. The Morgan fingerprint density at radius 3 is 2.70 bits per heavy atom. The standard InChI is InChI=1S/C13H17N5O2/c1-14-11-4-3-5-12(13(11)18(19)20)15-8-6-10-7-9-16-17(10)2/h3-5,7,9,14-15H,6,8H2,1-2H3. The predicted octanol–water partition coefficient (Wildman–Crippen LogP) is 2.02. The van der Waals surface area contributed by atoms with E-state index in [1.807, 2.05) is 13.1 Å². The summed E-state index contributed by atoms with van der Waals surface area (Å²) in [7, 11) is 3.54. The van der Waals surface area contributed by atoms with Crippen molar-refractivity contribution in [1.82, 2.24) is 9.78 Å². The van der Waals surface area contributed by atoms with Crippen LogP contribution in [-0.2, 0) is 13.5 Å². The fourth-order valence-electron chi connectivity index (χ4n) is 2.06. The first-order chi connectivity index (χ1) is 9.63. The maximum absolute atomic E-state index is 11.2. The Labute approximate surface area is 116 Å². The van der Waals surface area contributed by atoms with E-state index in [4.69, 9.17) is 0 Å². The Kier molecular flexibility index (Phi) is 4.19. The second-order valence-electron chi connectivity index (χ2n) is 4.33. The van der Waals surface area contributed by atoms with Gasteiger partial charge in [0.05, 0.1) is 4.92 Å². The molecule has 0 radical (unpaired) electrons. The van der Waals surface area contributed by atoms with Gasteiger partial charge in [-0.25, -0.2) is 0 Å². The molecule has 0 amide bonds. The van der Waals surface area contributed by atoms with Crippen molar-refractivity contribution in [3.63, 3.8) is 0 Å². The Morgan fingerprint density at radius 1 is 1.35 bits per heavy atom. The molecule has 0 saturated heterocycles. The van der Waals surface area contributed by atoms with Gasteiger partial charge in [0, 0.05) is 39.0 Å². The summed E-state index contributed by atoms with van der Waals surface area (Å²) in [5.74, 6) is 0. The number of nitro groups is 1. The van der Waals surface area contributed by atoms with E-state index in [2.05, 4.69) is 15.7 Å². The van der Waals surface area contributed by atoms with E-state index >= 15 is 0 Å². The summed E-state index contributed by atoms with van der Waals surface area (Å²) >= 11 is 0. The molecule has 0 fully saturated rings. The monoisotopic (exact) mass is 275 g/mol. The number of nitrogens with one attached hydrogen (secondary N) is 2. The molecular formula is C13H17N5O2. The van der Waals surface area contributed by atoms with Gasteiger partial charge in [0.1, 0.15) is 11.4 Å². The van der Waals surface area contributed by atoms with E-state index in [-0.39, 0.29) is 10.6 Å². The van der Waals surface area contributed by atoms with Crippen molar-refractivity contribution < 1.29 is 4.92 Å². The number of nitrogens with zero attached hydrogens (tertiary/aromatic N) is 3. The predicted molar refractivity (Wildman–Crippen MR) is 78.0 cm³/mol. The van der Waals surface area contributed by atoms with Crippen LogP contribution in [0.2, 0.25) is 0 Å². The highest BCUT2D eigenvalue weighted by molar-refractivity contribution is 5.75. The second-order valence-corrected chi connectivity index (χ2v) is 4.33. The third-order valence-electron chi connectivity index (χ3n) is 3.11. The average Bonchev–Trinajstić information content (AvgIpc) is 2.84. The highest BCUT2D eigenvalue weighted by Gasteiger charge is 2.18. The minimum Gasteiger partial charge on any atom is -0.382 e. The fourth-order valence-corrected chi connectivity index (χ4v) is 2.06. The molecule has 106 valence electrons. The van der Waals surface area contributed by atoms with Crippen LogP contribution in [0.1, 0.15) is 5.69 Å². The summed E-state index contributed by atoms with van der Waals surface area (Å²) in [5, 5.41) is 21.2. The van der Waals surface area contributed by atoms with E-state index in [1.54, 1.807) is 36.1 Å². The molecule has 0 spiro atoms. The van der Waals surface area contributed by atoms with Crippen molar-refractivity contribution in [3.8, 4) is 0 Å². The number of nitro benzene ring substituents is 1. The topological polar surface area (TPSA) is 85.0 Å². The molecule has 1 aromatic heterocycles. The molecule has 1 aromatic carbocycles. The maximum Gasteiger partial charge on any atom is 0.315 e. The van der Waals surface area contributed by atoms with Crippen LogP contribution in [0.3, 0.4) is 0 Å². The van der Waals surface area contributed by atoms with Gasteiger partial charge in [-0.3, -0.25) is 14.8 Å². The molecule has 0 saturated carbocycles. The smallest absolute Gasteiger partial charge is 0.315 e. The molecule has 0 atom stereocenters. The van der Waals surface area contributed by atoms with Gasteiger partial charge in [-0.15, -0.1) is 0 Å². The number of hydrogen-bond donors (Lipinski definition) is 2. The van der Waals surface area contributed by atoms with E-state index in [9.17, 15) is 10.1 Å². The first kappa shape index (κ1) is 13.9. The molecule has 1 heterocycles. The summed E-state index contributed by atoms with van der Waals surface area (Å²) in [6.45, 7) is 0.605. The molecule has 2 rings (SSSR count). The van der Waals surface area contributed by atoms with E-state index in [0.29, 0.717) is 17.9 Å². The third-order valence-corrected chi connectivity index (χ3v) is 3.11. The zero-order valence-corrected chi connectivity index (χ0v) is 11.5. The molecule has 0 aliphatic carbocycles. The minimum atomic E-state index is -0.377. The van der Waals surface area contributed by atoms with Crippen LogP contribution in [0.15, 0.2) is 30.5 Å². The van der Waals surface area contributed by atoms with Gasteiger partial charge in [-0.05, 0) is 18.2 Å². The van der Waals surface area contributed by atoms with Crippen molar-refractivity contribution in [3.05, 3.63) is 46.3 Å². The molecule has 0 bridgehead atoms. The number of benzene rings is 1. The van der Waals surface area contributed by atoms with Crippen molar-refractivity contribution >= 4 is 17.1 Å². The van der Waals surface area contributed by atoms with Crippen LogP contribution in [0, 0.1) is 10.1 Å². The molecule has 20 heavy (non-hydrogen) atoms. The minimum absolute atomic E-state index is 0.0695. The lowest BCUT2D eigenvalue weighted by Crippen LogP contribution is -2.10. The summed E-state index contributed by atoms with van der Waals surface area (Å²) in [4.78, 5) is 10.8. The summed E-state index contributed by atoms with van der Waals surface area (Å²) in [6.07, 6.45) is 2.48. The number of hydrogen-bond acceptors (Lipinski definition) is 5. The van der Waals surface area contributed by atoms with Crippen LogP contribution in [0.25, 0.3) is 0 Å². The Bertz CT molecular complexity index is 609.